The third-order valence-corrected chi connectivity index (χ3v) is 6.73. The fourth-order valence-corrected chi connectivity index (χ4v) is 4.85. The zero-order valence-corrected chi connectivity index (χ0v) is 17.5. The largest absolute Gasteiger partial charge is 0.490 e. The SMILES string of the molecule is Cc1cc(C)cc(OCCOC(=O)C2CCN(S(=O)(=O)c3cccnc3)CC2)c1. The summed E-state index contributed by atoms with van der Waals surface area (Å²) in [4.78, 5) is 16.3. The van der Waals surface area contributed by atoms with Crippen LogP contribution in [0.15, 0.2) is 47.6 Å². The Balaban J connectivity index is 1.43. The van der Waals surface area contributed by atoms with Gasteiger partial charge in [0.1, 0.15) is 23.9 Å². The van der Waals surface area contributed by atoms with Gasteiger partial charge in [-0.2, -0.15) is 4.31 Å². The number of carbonyl (C=O) groups excluding carboxylic acids is 1. The summed E-state index contributed by atoms with van der Waals surface area (Å²) in [6.07, 6.45) is 3.75. The summed E-state index contributed by atoms with van der Waals surface area (Å²) in [6, 6.07) is 9.06. The van der Waals surface area contributed by atoms with Gasteiger partial charge in [-0.05, 0) is 62.1 Å². The van der Waals surface area contributed by atoms with Crippen molar-refractivity contribution in [1.82, 2.24) is 9.29 Å². The van der Waals surface area contributed by atoms with Crippen molar-refractivity contribution in [3.05, 3.63) is 53.9 Å². The van der Waals surface area contributed by atoms with Crippen LogP contribution >= 0.6 is 0 Å². The molecule has 0 spiro atoms. The lowest BCUT2D eigenvalue weighted by Crippen LogP contribution is -2.40. The molecule has 2 aromatic rings. The maximum atomic E-state index is 12.6. The maximum Gasteiger partial charge on any atom is 0.309 e. The first kappa shape index (κ1) is 21.3. The number of sulfonamides is 1. The van der Waals surface area contributed by atoms with Gasteiger partial charge in [0.2, 0.25) is 10.0 Å². The highest BCUT2D eigenvalue weighted by atomic mass is 32.2. The topological polar surface area (TPSA) is 85.8 Å². The van der Waals surface area contributed by atoms with Gasteiger partial charge in [0.05, 0.1) is 5.92 Å². The predicted molar refractivity (Wildman–Crippen MR) is 108 cm³/mol. The molecular weight excluding hydrogens is 392 g/mol. The third-order valence-electron chi connectivity index (χ3n) is 4.85. The Morgan fingerprint density at radius 1 is 1.14 bits per heavy atom. The molecule has 1 aromatic carbocycles. The molecule has 1 aromatic heterocycles. The summed E-state index contributed by atoms with van der Waals surface area (Å²) >= 11 is 0. The molecule has 0 unspecified atom stereocenters. The molecule has 2 heterocycles. The van der Waals surface area contributed by atoms with Crippen molar-refractivity contribution in [3.8, 4) is 5.75 Å². The van der Waals surface area contributed by atoms with Crippen molar-refractivity contribution in [3.63, 3.8) is 0 Å². The van der Waals surface area contributed by atoms with E-state index < -0.39 is 10.0 Å². The molecule has 1 fully saturated rings. The molecule has 3 rings (SSSR count). The number of ether oxygens (including phenoxy) is 2. The first-order valence-corrected chi connectivity index (χ1v) is 11.1. The molecule has 0 bridgehead atoms. The Labute approximate surface area is 171 Å². The molecular formula is C21H26N2O5S. The zero-order chi connectivity index (χ0) is 20.9. The monoisotopic (exact) mass is 418 g/mol. The van der Waals surface area contributed by atoms with E-state index in [1.807, 2.05) is 26.0 Å². The quantitative estimate of drug-likeness (QED) is 0.508. The number of rotatable bonds is 7. The minimum absolute atomic E-state index is 0.167. The van der Waals surface area contributed by atoms with Crippen LogP contribution in [0, 0.1) is 19.8 Å². The van der Waals surface area contributed by atoms with E-state index in [0.717, 1.165) is 16.9 Å². The second kappa shape index (κ2) is 9.37. The molecule has 1 aliphatic heterocycles. The molecule has 0 N–H and O–H groups in total. The van der Waals surface area contributed by atoms with Crippen molar-refractivity contribution in [2.75, 3.05) is 26.3 Å². The van der Waals surface area contributed by atoms with Crippen LogP contribution < -0.4 is 4.74 Å². The molecule has 0 amide bonds. The van der Waals surface area contributed by atoms with E-state index in [0.29, 0.717) is 12.8 Å². The van der Waals surface area contributed by atoms with Crippen LogP contribution in [0.1, 0.15) is 24.0 Å². The third kappa shape index (κ3) is 5.55. The minimum atomic E-state index is -3.57. The summed E-state index contributed by atoms with van der Waals surface area (Å²) in [5.41, 5.74) is 2.23. The van der Waals surface area contributed by atoms with Gasteiger partial charge in [0.15, 0.2) is 0 Å². The van der Waals surface area contributed by atoms with Crippen molar-refractivity contribution < 1.29 is 22.7 Å². The number of esters is 1. The molecule has 156 valence electrons. The average Bonchev–Trinajstić information content (AvgIpc) is 2.71. The number of aromatic nitrogens is 1. The second-order valence-electron chi connectivity index (χ2n) is 7.21. The number of carbonyl (C=O) groups is 1. The maximum absolute atomic E-state index is 12.6. The van der Waals surface area contributed by atoms with Crippen LogP contribution in [-0.4, -0.2) is 50.0 Å². The van der Waals surface area contributed by atoms with Crippen molar-refractivity contribution in [2.45, 2.75) is 31.6 Å². The van der Waals surface area contributed by atoms with Crippen LogP contribution in [0.2, 0.25) is 0 Å². The number of nitrogens with zero attached hydrogens (tertiary/aromatic N) is 2. The first-order chi connectivity index (χ1) is 13.9. The van der Waals surface area contributed by atoms with E-state index in [4.69, 9.17) is 9.47 Å². The summed E-state index contributed by atoms with van der Waals surface area (Å²) in [6.45, 7) is 5.02. The Hall–Kier alpha value is -2.45. The van der Waals surface area contributed by atoms with Gasteiger partial charge >= 0.3 is 5.97 Å². The number of piperidine rings is 1. The highest BCUT2D eigenvalue weighted by molar-refractivity contribution is 7.89. The van der Waals surface area contributed by atoms with Gasteiger partial charge < -0.3 is 9.47 Å². The summed E-state index contributed by atoms with van der Waals surface area (Å²) in [5.74, 6) is 0.163. The number of hydrogen-bond donors (Lipinski definition) is 0. The summed E-state index contributed by atoms with van der Waals surface area (Å²) < 4.78 is 37.6. The minimum Gasteiger partial charge on any atom is -0.490 e. The number of hydrogen-bond acceptors (Lipinski definition) is 6. The van der Waals surface area contributed by atoms with Crippen molar-refractivity contribution in [2.24, 2.45) is 5.92 Å². The lowest BCUT2D eigenvalue weighted by Gasteiger charge is -2.30. The molecule has 0 atom stereocenters. The predicted octanol–water partition coefficient (Wildman–Crippen LogP) is 2.72. The van der Waals surface area contributed by atoms with Crippen LogP contribution in [0.25, 0.3) is 0 Å². The molecule has 7 nitrogen and oxygen atoms in total. The lowest BCUT2D eigenvalue weighted by molar-refractivity contribution is -0.150. The van der Waals surface area contributed by atoms with E-state index >= 15 is 0 Å². The van der Waals surface area contributed by atoms with Gasteiger partial charge in [-0.3, -0.25) is 9.78 Å². The van der Waals surface area contributed by atoms with Crippen molar-refractivity contribution >= 4 is 16.0 Å². The summed E-state index contributed by atoms with van der Waals surface area (Å²) in [7, 11) is -3.57. The first-order valence-electron chi connectivity index (χ1n) is 9.64. The standard InChI is InChI=1S/C21H26N2O5S/c1-16-12-17(2)14-19(13-16)27-10-11-28-21(24)18-5-8-23(9-6-18)29(25,26)20-4-3-7-22-15-20/h3-4,7,12-15,18H,5-6,8-11H2,1-2H3. The summed E-state index contributed by atoms with van der Waals surface area (Å²) in [5, 5.41) is 0. The van der Waals surface area contributed by atoms with E-state index in [9.17, 15) is 13.2 Å². The highest BCUT2D eigenvalue weighted by Crippen LogP contribution is 2.24. The number of benzene rings is 1. The molecule has 1 saturated heterocycles. The van der Waals surface area contributed by atoms with E-state index in [1.165, 1.54) is 22.8 Å². The Morgan fingerprint density at radius 2 is 1.83 bits per heavy atom. The van der Waals surface area contributed by atoms with Gasteiger partial charge in [-0.1, -0.05) is 6.07 Å². The highest BCUT2D eigenvalue weighted by Gasteiger charge is 2.32. The van der Waals surface area contributed by atoms with E-state index in [-0.39, 0.29) is 43.1 Å². The zero-order valence-electron chi connectivity index (χ0n) is 16.7. The van der Waals surface area contributed by atoms with Crippen LogP contribution in [-0.2, 0) is 19.6 Å². The Morgan fingerprint density at radius 3 is 2.45 bits per heavy atom. The molecule has 1 aliphatic rings. The number of pyridine rings is 1. The van der Waals surface area contributed by atoms with Crippen LogP contribution in [0.5, 0.6) is 5.75 Å². The molecule has 0 aliphatic carbocycles. The van der Waals surface area contributed by atoms with Gasteiger partial charge in [-0.25, -0.2) is 8.42 Å². The Kier molecular flexibility index (Phi) is 6.87. The molecule has 0 radical (unpaired) electrons. The van der Waals surface area contributed by atoms with E-state index in [1.54, 1.807) is 6.07 Å². The van der Waals surface area contributed by atoms with Gasteiger partial charge in [-0.15, -0.1) is 0 Å². The van der Waals surface area contributed by atoms with Crippen LogP contribution in [0.4, 0.5) is 0 Å². The normalized spacial score (nSPS) is 15.8. The lowest BCUT2D eigenvalue weighted by atomic mass is 9.98. The van der Waals surface area contributed by atoms with Gasteiger partial charge in [0.25, 0.3) is 0 Å². The van der Waals surface area contributed by atoms with Crippen molar-refractivity contribution in [1.29, 1.82) is 0 Å². The second-order valence-corrected chi connectivity index (χ2v) is 9.14. The van der Waals surface area contributed by atoms with E-state index in [2.05, 4.69) is 11.1 Å². The fraction of sp³-hybridized carbons (Fsp3) is 0.429. The average molecular weight is 419 g/mol. The van der Waals surface area contributed by atoms with Gasteiger partial charge in [0, 0.05) is 25.5 Å². The molecule has 29 heavy (non-hydrogen) atoms. The molecule has 8 heteroatoms. The van der Waals surface area contributed by atoms with Crippen LogP contribution in [0.3, 0.4) is 0 Å². The Bertz CT molecular complexity index is 919. The number of aryl methyl sites for hydroxylation is 2. The fourth-order valence-electron chi connectivity index (χ4n) is 3.42. The smallest absolute Gasteiger partial charge is 0.309 e. The molecule has 0 saturated carbocycles.